The number of hydrazone groups is 1. The Labute approximate surface area is 107 Å². The van der Waals surface area contributed by atoms with E-state index in [0.717, 1.165) is 4.88 Å². The minimum Gasteiger partial charge on any atom is -0.346 e. The van der Waals surface area contributed by atoms with Gasteiger partial charge >= 0.3 is 0 Å². The molecule has 7 heteroatoms. The summed E-state index contributed by atoms with van der Waals surface area (Å²) in [5.74, 6) is -0.416. The maximum absolute atomic E-state index is 11.7. The molecule has 0 aromatic carbocycles. The standard InChI is InChI=1S/C10H10ClN3O2S/c11-8-3-1-6(17-8)5-12-10(16)7-2-4-9(15)14-13-7/h1,3H,2,4-5H2,(H,12,16)(H,14,15). The first-order valence-electron chi connectivity index (χ1n) is 5.03. The SMILES string of the molecule is O=C1CCC(C(=O)NCc2ccc(Cl)s2)=NN1. The molecule has 0 aliphatic carbocycles. The maximum Gasteiger partial charge on any atom is 0.267 e. The third-order valence-electron chi connectivity index (χ3n) is 2.22. The first-order chi connectivity index (χ1) is 8.15. The zero-order chi connectivity index (χ0) is 12.3. The summed E-state index contributed by atoms with van der Waals surface area (Å²) >= 11 is 7.19. The van der Waals surface area contributed by atoms with Crippen molar-refractivity contribution in [3.8, 4) is 0 Å². The van der Waals surface area contributed by atoms with Crippen molar-refractivity contribution in [2.45, 2.75) is 19.4 Å². The topological polar surface area (TPSA) is 70.6 Å². The molecule has 90 valence electrons. The van der Waals surface area contributed by atoms with Crippen molar-refractivity contribution in [3.05, 3.63) is 21.3 Å². The molecule has 0 saturated carbocycles. The highest BCUT2D eigenvalue weighted by molar-refractivity contribution is 7.16. The van der Waals surface area contributed by atoms with Gasteiger partial charge in [-0.3, -0.25) is 9.59 Å². The van der Waals surface area contributed by atoms with Gasteiger partial charge in [-0.15, -0.1) is 11.3 Å². The molecule has 0 atom stereocenters. The number of carbonyl (C=O) groups is 2. The van der Waals surface area contributed by atoms with Crippen LogP contribution in [0.15, 0.2) is 17.2 Å². The number of hydrogen-bond donors (Lipinski definition) is 2. The Morgan fingerprint density at radius 3 is 2.94 bits per heavy atom. The summed E-state index contributed by atoms with van der Waals surface area (Å²) in [6, 6.07) is 3.64. The van der Waals surface area contributed by atoms with Crippen LogP contribution in [0.3, 0.4) is 0 Å². The molecule has 2 N–H and O–H groups in total. The highest BCUT2D eigenvalue weighted by atomic mass is 35.5. The fourth-order valence-electron chi connectivity index (χ4n) is 1.35. The number of carbonyl (C=O) groups excluding carboxylic acids is 2. The van der Waals surface area contributed by atoms with Gasteiger partial charge in [0, 0.05) is 17.7 Å². The smallest absolute Gasteiger partial charge is 0.267 e. The summed E-state index contributed by atoms with van der Waals surface area (Å²) in [5, 5.41) is 6.44. The Hall–Kier alpha value is -1.40. The normalized spacial score (nSPS) is 15.1. The van der Waals surface area contributed by atoms with Crippen LogP contribution >= 0.6 is 22.9 Å². The molecular weight excluding hydrogens is 262 g/mol. The first kappa shape index (κ1) is 12.1. The van der Waals surface area contributed by atoms with Crippen molar-refractivity contribution < 1.29 is 9.59 Å². The maximum atomic E-state index is 11.7. The van der Waals surface area contributed by atoms with Gasteiger partial charge in [0.15, 0.2) is 0 Å². The van der Waals surface area contributed by atoms with E-state index >= 15 is 0 Å². The molecule has 2 heterocycles. The third-order valence-corrected chi connectivity index (χ3v) is 3.45. The van der Waals surface area contributed by atoms with E-state index in [1.165, 1.54) is 11.3 Å². The van der Waals surface area contributed by atoms with Crippen molar-refractivity contribution in [1.82, 2.24) is 10.7 Å². The number of hydrogen-bond acceptors (Lipinski definition) is 4. The first-order valence-corrected chi connectivity index (χ1v) is 6.22. The molecule has 1 aromatic heterocycles. The highest BCUT2D eigenvalue weighted by Crippen LogP contribution is 2.20. The lowest BCUT2D eigenvalue weighted by Gasteiger charge is -2.11. The summed E-state index contributed by atoms with van der Waals surface area (Å²) in [6.07, 6.45) is 0.681. The van der Waals surface area contributed by atoms with E-state index in [-0.39, 0.29) is 11.8 Å². The second-order valence-electron chi connectivity index (χ2n) is 3.48. The Morgan fingerprint density at radius 1 is 1.53 bits per heavy atom. The van der Waals surface area contributed by atoms with Crippen LogP contribution in [0.25, 0.3) is 0 Å². The Balaban J connectivity index is 1.87. The van der Waals surface area contributed by atoms with E-state index in [1.54, 1.807) is 6.07 Å². The van der Waals surface area contributed by atoms with Crippen molar-refractivity contribution >= 4 is 40.5 Å². The highest BCUT2D eigenvalue weighted by Gasteiger charge is 2.17. The molecule has 1 aliphatic heterocycles. The molecule has 0 fully saturated rings. The van der Waals surface area contributed by atoms with Crippen LogP contribution in [0.2, 0.25) is 4.34 Å². The number of halogens is 1. The minimum absolute atomic E-state index is 0.161. The number of amides is 2. The predicted molar refractivity (Wildman–Crippen MR) is 66.0 cm³/mol. The van der Waals surface area contributed by atoms with Gasteiger partial charge in [-0.05, 0) is 12.1 Å². The lowest BCUT2D eigenvalue weighted by molar-refractivity contribution is -0.121. The third kappa shape index (κ3) is 3.28. The Kier molecular flexibility index (Phi) is 3.75. The lowest BCUT2D eigenvalue weighted by Crippen LogP contribution is -2.36. The molecular formula is C10H10ClN3O2S. The molecule has 0 unspecified atom stereocenters. The van der Waals surface area contributed by atoms with Crippen LogP contribution in [0, 0.1) is 0 Å². The summed E-state index contributed by atoms with van der Waals surface area (Å²) in [6.45, 7) is 0.420. The van der Waals surface area contributed by atoms with E-state index in [1.807, 2.05) is 6.07 Å². The summed E-state index contributed by atoms with van der Waals surface area (Å²) < 4.78 is 0.691. The van der Waals surface area contributed by atoms with Crippen molar-refractivity contribution in [2.75, 3.05) is 0 Å². The van der Waals surface area contributed by atoms with Crippen LogP contribution in [-0.4, -0.2) is 17.5 Å². The van der Waals surface area contributed by atoms with E-state index in [9.17, 15) is 9.59 Å². The van der Waals surface area contributed by atoms with Gasteiger partial charge < -0.3 is 5.32 Å². The summed E-state index contributed by atoms with van der Waals surface area (Å²) in [7, 11) is 0. The molecule has 5 nitrogen and oxygen atoms in total. The average molecular weight is 272 g/mol. The molecule has 0 spiro atoms. The molecule has 0 radical (unpaired) electrons. The van der Waals surface area contributed by atoms with Gasteiger partial charge in [0.05, 0.1) is 10.9 Å². The van der Waals surface area contributed by atoms with Gasteiger partial charge in [0.25, 0.3) is 5.91 Å². The zero-order valence-corrected chi connectivity index (χ0v) is 10.4. The Morgan fingerprint density at radius 2 is 2.35 bits per heavy atom. The van der Waals surface area contributed by atoms with Crippen molar-refractivity contribution in [3.63, 3.8) is 0 Å². The largest absolute Gasteiger partial charge is 0.346 e. The van der Waals surface area contributed by atoms with Gasteiger partial charge in [-0.2, -0.15) is 5.10 Å². The average Bonchev–Trinajstić information content (AvgIpc) is 2.73. The van der Waals surface area contributed by atoms with E-state index < -0.39 is 0 Å². The van der Waals surface area contributed by atoms with E-state index in [2.05, 4.69) is 15.8 Å². The second-order valence-corrected chi connectivity index (χ2v) is 5.28. The van der Waals surface area contributed by atoms with Gasteiger partial charge in [-0.1, -0.05) is 11.6 Å². The second kappa shape index (κ2) is 5.29. The summed E-state index contributed by atoms with van der Waals surface area (Å²) in [4.78, 5) is 23.5. The fourth-order valence-corrected chi connectivity index (χ4v) is 2.38. The minimum atomic E-state index is -0.255. The molecule has 2 rings (SSSR count). The molecule has 1 aliphatic rings. The Bertz CT molecular complexity index is 484. The molecule has 17 heavy (non-hydrogen) atoms. The van der Waals surface area contributed by atoms with Gasteiger partial charge in [-0.25, -0.2) is 5.43 Å². The van der Waals surface area contributed by atoms with Crippen LogP contribution in [0.5, 0.6) is 0 Å². The number of thiophene rings is 1. The van der Waals surface area contributed by atoms with Crippen molar-refractivity contribution in [1.29, 1.82) is 0 Å². The molecule has 2 amide bonds. The molecule has 0 bridgehead atoms. The summed E-state index contributed by atoms with van der Waals surface area (Å²) in [5.41, 5.74) is 2.64. The predicted octanol–water partition coefficient (Wildman–Crippen LogP) is 1.28. The number of rotatable bonds is 3. The molecule has 1 aromatic rings. The fraction of sp³-hybridized carbons (Fsp3) is 0.300. The van der Waals surface area contributed by atoms with Crippen LogP contribution in [-0.2, 0) is 16.1 Å². The molecule has 0 saturated heterocycles. The van der Waals surface area contributed by atoms with Crippen LogP contribution in [0.4, 0.5) is 0 Å². The van der Waals surface area contributed by atoms with Gasteiger partial charge in [0.2, 0.25) is 5.91 Å². The van der Waals surface area contributed by atoms with Gasteiger partial charge in [0.1, 0.15) is 5.71 Å². The monoisotopic (exact) mass is 271 g/mol. The van der Waals surface area contributed by atoms with E-state index in [4.69, 9.17) is 11.6 Å². The number of nitrogens with zero attached hydrogens (tertiary/aromatic N) is 1. The van der Waals surface area contributed by atoms with Crippen molar-refractivity contribution in [2.24, 2.45) is 5.10 Å². The zero-order valence-electron chi connectivity index (χ0n) is 8.83. The van der Waals surface area contributed by atoms with Crippen LogP contribution in [0.1, 0.15) is 17.7 Å². The quantitative estimate of drug-likeness (QED) is 0.869. The van der Waals surface area contributed by atoms with E-state index in [0.29, 0.717) is 29.4 Å². The number of nitrogens with one attached hydrogen (secondary N) is 2. The lowest BCUT2D eigenvalue weighted by atomic mass is 10.1. The van der Waals surface area contributed by atoms with Crippen LogP contribution < -0.4 is 10.7 Å².